The average molecular weight is 399 g/mol. The zero-order chi connectivity index (χ0) is 21.5. The van der Waals surface area contributed by atoms with E-state index in [1.54, 1.807) is 42.6 Å². The van der Waals surface area contributed by atoms with Crippen molar-refractivity contribution >= 4 is 28.8 Å². The summed E-state index contributed by atoms with van der Waals surface area (Å²) in [5.74, 6) is 0.330. The highest BCUT2D eigenvalue weighted by Crippen LogP contribution is 2.25. The van der Waals surface area contributed by atoms with Crippen LogP contribution < -0.4 is 15.5 Å². The van der Waals surface area contributed by atoms with Gasteiger partial charge in [0.2, 0.25) is 0 Å². The molecule has 0 saturated heterocycles. The zero-order valence-corrected chi connectivity index (χ0v) is 17.4. The Morgan fingerprint density at radius 2 is 1.90 bits per heavy atom. The highest BCUT2D eigenvalue weighted by atomic mass is 16.1. The van der Waals surface area contributed by atoms with Crippen molar-refractivity contribution in [1.82, 2.24) is 4.98 Å². The number of rotatable bonds is 7. The lowest BCUT2D eigenvalue weighted by Gasteiger charge is -2.22. The van der Waals surface area contributed by atoms with E-state index < -0.39 is 0 Å². The van der Waals surface area contributed by atoms with Gasteiger partial charge in [-0.3, -0.25) is 4.79 Å². The number of aryl methyl sites for hydroxylation is 1. The number of amides is 1. The Bertz CT molecular complexity index is 1080. The summed E-state index contributed by atoms with van der Waals surface area (Å²) in [6.07, 6.45) is 1.60. The maximum Gasteiger partial charge on any atom is 0.255 e. The van der Waals surface area contributed by atoms with Gasteiger partial charge in [0.25, 0.3) is 5.91 Å². The van der Waals surface area contributed by atoms with Crippen molar-refractivity contribution in [1.29, 1.82) is 5.26 Å². The molecule has 3 rings (SSSR count). The lowest BCUT2D eigenvalue weighted by molar-refractivity contribution is 0.102. The number of carbonyl (C=O) groups excluding carboxylic acids is 1. The Labute approximate surface area is 177 Å². The van der Waals surface area contributed by atoms with E-state index in [0.29, 0.717) is 22.6 Å². The van der Waals surface area contributed by atoms with Crippen LogP contribution in [-0.2, 0) is 0 Å². The van der Waals surface area contributed by atoms with Crippen LogP contribution in [0.25, 0.3) is 0 Å². The van der Waals surface area contributed by atoms with Crippen molar-refractivity contribution in [2.24, 2.45) is 0 Å². The van der Waals surface area contributed by atoms with Crippen LogP contribution in [0.2, 0.25) is 0 Å². The molecule has 0 aliphatic carbocycles. The minimum absolute atomic E-state index is 0.260. The van der Waals surface area contributed by atoms with Gasteiger partial charge in [-0.05, 0) is 74.9 Å². The number of pyridine rings is 1. The number of nitriles is 1. The maximum absolute atomic E-state index is 12.6. The van der Waals surface area contributed by atoms with E-state index in [-0.39, 0.29) is 5.91 Å². The minimum atomic E-state index is -0.260. The van der Waals surface area contributed by atoms with Crippen molar-refractivity contribution in [2.45, 2.75) is 20.8 Å². The van der Waals surface area contributed by atoms with Gasteiger partial charge in [0.1, 0.15) is 5.82 Å². The molecule has 0 saturated carbocycles. The summed E-state index contributed by atoms with van der Waals surface area (Å²) in [7, 11) is 0. The van der Waals surface area contributed by atoms with Crippen molar-refractivity contribution in [3.05, 3.63) is 77.5 Å². The second kappa shape index (κ2) is 9.57. The summed E-state index contributed by atoms with van der Waals surface area (Å²) in [6, 6.07) is 18.5. The van der Waals surface area contributed by atoms with E-state index >= 15 is 0 Å². The number of benzene rings is 2. The van der Waals surface area contributed by atoms with E-state index in [1.165, 1.54) is 5.69 Å². The van der Waals surface area contributed by atoms with Gasteiger partial charge in [-0.25, -0.2) is 4.98 Å². The molecule has 1 amide bonds. The third-order valence-corrected chi connectivity index (χ3v) is 4.87. The Hall–Kier alpha value is -3.85. The summed E-state index contributed by atoms with van der Waals surface area (Å²) >= 11 is 0. The second-order valence-corrected chi connectivity index (χ2v) is 6.87. The number of hydrogen-bond acceptors (Lipinski definition) is 5. The molecule has 1 aromatic heterocycles. The fourth-order valence-corrected chi connectivity index (χ4v) is 3.22. The maximum atomic E-state index is 12.6. The molecule has 6 heteroatoms. The SMILES string of the molecule is CCN(CC)c1ccc(Nc2cc(C(=O)Nc3cccc(C#N)c3)ccn2)c(C)c1. The normalized spacial score (nSPS) is 10.2. The monoisotopic (exact) mass is 399 g/mol. The van der Waals surface area contributed by atoms with Crippen molar-refractivity contribution < 1.29 is 4.79 Å². The molecule has 0 fully saturated rings. The molecule has 0 radical (unpaired) electrons. The third-order valence-electron chi connectivity index (χ3n) is 4.87. The van der Waals surface area contributed by atoms with Crippen LogP contribution in [0.1, 0.15) is 35.3 Å². The highest BCUT2D eigenvalue weighted by Gasteiger charge is 2.10. The first-order valence-corrected chi connectivity index (χ1v) is 9.94. The predicted molar refractivity (Wildman–Crippen MR) is 121 cm³/mol. The van der Waals surface area contributed by atoms with Crippen LogP contribution in [0.5, 0.6) is 0 Å². The first kappa shape index (κ1) is 20.9. The van der Waals surface area contributed by atoms with Crippen LogP contribution in [0.4, 0.5) is 22.9 Å². The van der Waals surface area contributed by atoms with Gasteiger partial charge in [0, 0.05) is 41.9 Å². The molecule has 2 N–H and O–H groups in total. The molecule has 0 bridgehead atoms. The fraction of sp³-hybridized carbons (Fsp3) is 0.208. The summed E-state index contributed by atoms with van der Waals surface area (Å²) in [5.41, 5.74) is 4.78. The molecule has 0 aliphatic heterocycles. The van der Waals surface area contributed by atoms with Gasteiger partial charge < -0.3 is 15.5 Å². The summed E-state index contributed by atoms with van der Waals surface area (Å²) in [4.78, 5) is 19.2. The molecule has 0 unspecified atom stereocenters. The molecule has 2 aromatic carbocycles. The number of aromatic nitrogens is 1. The first-order valence-electron chi connectivity index (χ1n) is 9.94. The highest BCUT2D eigenvalue weighted by molar-refractivity contribution is 6.04. The molecule has 3 aromatic rings. The summed E-state index contributed by atoms with van der Waals surface area (Å²) in [5, 5.41) is 15.1. The molecule has 0 atom stereocenters. The molecular weight excluding hydrogens is 374 g/mol. The third kappa shape index (κ3) is 4.95. The molecule has 30 heavy (non-hydrogen) atoms. The standard InChI is InChI=1S/C24H25N5O/c1-4-29(5-2)21-9-10-22(17(3)13-21)28-23-15-19(11-12-26-23)24(30)27-20-8-6-7-18(14-20)16-25/h6-15H,4-5H2,1-3H3,(H,26,28)(H,27,30). The molecule has 0 aliphatic rings. The van der Waals surface area contributed by atoms with Crippen LogP contribution in [0.15, 0.2) is 60.8 Å². The van der Waals surface area contributed by atoms with Gasteiger partial charge in [-0.2, -0.15) is 5.26 Å². The van der Waals surface area contributed by atoms with E-state index in [2.05, 4.69) is 52.6 Å². The van der Waals surface area contributed by atoms with Gasteiger partial charge >= 0.3 is 0 Å². The van der Waals surface area contributed by atoms with Gasteiger partial charge in [-0.15, -0.1) is 0 Å². The largest absolute Gasteiger partial charge is 0.372 e. The minimum Gasteiger partial charge on any atom is -0.372 e. The Kier molecular flexibility index (Phi) is 6.66. The van der Waals surface area contributed by atoms with Crippen LogP contribution in [0.3, 0.4) is 0 Å². The van der Waals surface area contributed by atoms with Gasteiger partial charge in [0.05, 0.1) is 11.6 Å². The van der Waals surface area contributed by atoms with E-state index in [4.69, 9.17) is 5.26 Å². The van der Waals surface area contributed by atoms with Gasteiger partial charge in [0.15, 0.2) is 0 Å². The van der Waals surface area contributed by atoms with Crippen molar-refractivity contribution in [3.8, 4) is 6.07 Å². The lowest BCUT2D eigenvalue weighted by atomic mass is 10.1. The Morgan fingerprint density at radius 1 is 1.10 bits per heavy atom. The number of carbonyl (C=O) groups is 1. The number of hydrogen-bond donors (Lipinski definition) is 2. The second-order valence-electron chi connectivity index (χ2n) is 6.87. The van der Waals surface area contributed by atoms with Crippen molar-refractivity contribution in [2.75, 3.05) is 28.6 Å². The summed E-state index contributed by atoms with van der Waals surface area (Å²) in [6.45, 7) is 8.25. The lowest BCUT2D eigenvalue weighted by Crippen LogP contribution is -2.21. The quantitative estimate of drug-likeness (QED) is 0.577. The Morgan fingerprint density at radius 3 is 2.60 bits per heavy atom. The summed E-state index contributed by atoms with van der Waals surface area (Å²) < 4.78 is 0. The first-order chi connectivity index (χ1) is 14.5. The van der Waals surface area contributed by atoms with Crippen LogP contribution in [0, 0.1) is 18.3 Å². The zero-order valence-electron chi connectivity index (χ0n) is 17.4. The van der Waals surface area contributed by atoms with Crippen molar-refractivity contribution in [3.63, 3.8) is 0 Å². The van der Waals surface area contributed by atoms with Gasteiger partial charge in [-0.1, -0.05) is 6.07 Å². The number of nitrogens with one attached hydrogen (secondary N) is 2. The molecular formula is C24H25N5O. The molecule has 0 spiro atoms. The molecule has 1 heterocycles. The number of nitrogens with zero attached hydrogens (tertiary/aromatic N) is 3. The van der Waals surface area contributed by atoms with E-state index in [0.717, 1.165) is 24.3 Å². The van der Waals surface area contributed by atoms with Crippen LogP contribution >= 0.6 is 0 Å². The topological polar surface area (TPSA) is 81.0 Å². The number of anilines is 4. The van der Waals surface area contributed by atoms with E-state index in [9.17, 15) is 4.79 Å². The predicted octanol–water partition coefficient (Wildman–Crippen LogP) is 5.10. The average Bonchev–Trinajstić information content (AvgIpc) is 2.76. The van der Waals surface area contributed by atoms with E-state index in [1.807, 2.05) is 13.0 Å². The molecule has 6 nitrogen and oxygen atoms in total. The molecule has 152 valence electrons. The Balaban J connectivity index is 1.75. The fourth-order valence-electron chi connectivity index (χ4n) is 3.22. The smallest absolute Gasteiger partial charge is 0.255 e. The van der Waals surface area contributed by atoms with Crippen LogP contribution in [-0.4, -0.2) is 24.0 Å².